The van der Waals surface area contributed by atoms with E-state index in [1.807, 2.05) is 0 Å². The number of rotatable bonds is 0. The summed E-state index contributed by atoms with van der Waals surface area (Å²) in [5.74, 6) is 0. The van der Waals surface area contributed by atoms with Crippen LogP contribution in [0.4, 0.5) is 0 Å². The average molecular weight is 207 g/mol. The van der Waals surface area contributed by atoms with Crippen LogP contribution < -0.4 is 0 Å². The molecule has 0 amide bonds. The summed E-state index contributed by atoms with van der Waals surface area (Å²) in [5, 5.41) is 24.0. The second-order valence-electron chi connectivity index (χ2n) is 0. The zero-order chi connectivity index (χ0) is 4.00. The Morgan fingerprint density at radius 3 is 0.600 bits per heavy atom. The first-order chi connectivity index (χ1) is 2.00. The van der Waals surface area contributed by atoms with Gasteiger partial charge in [0.15, 0.2) is 0 Å². The molecular weight excluding hydrogens is 201 g/mol. The molecule has 0 fully saturated rings. The molecule has 0 aromatic heterocycles. The van der Waals surface area contributed by atoms with Crippen LogP contribution in [-0.4, -0.2) is 69.9 Å². The Morgan fingerprint density at radius 1 is 0.600 bits per heavy atom. The van der Waals surface area contributed by atoms with Gasteiger partial charge in [-0.25, -0.2) is 0 Å². The second-order valence-corrected chi connectivity index (χ2v) is 0. The molecular formula is H6BaO4. The van der Waals surface area contributed by atoms with Gasteiger partial charge < -0.3 is 0 Å². The van der Waals surface area contributed by atoms with Crippen molar-refractivity contribution in [2.24, 2.45) is 0 Å². The van der Waals surface area contributed by atoms with Crippen molar-refractivity contribution in [3.63, 3.8) is 0 Å². The number of hydrogen-bond acceptors (Lipinski definition) is 4. The van der Waals surface area contributed by atoms with E-state index in [4.69, 9.17) is 21.0 Å². The van der Waals surface area contributed by atoms with Gasteiger partial charge in [0.2, 0.25) is 0 Å². The van der Waals surface area contributed by atoms with Crippen LogP contribution in [0.15, 0.2) is 0 Å². The first kappa shape index (κ1) is 16.1. The van der Waals surface area contributed by atoms with Crippen molar-refractivity contribution in [2.75, 3.05) is 0 Å². The van der Waals surface area contributed by atoms with E-state index in [1.165, 1.54) is 0 Å². The average Bonchev–Trinajstić information content (AvgIpc) is 1.50. The SMILES string of the molecule is OO.OO.[BaH2]. The van der Waals surface area contributed by atoms with Gasteiger partial charge >= 0.3 is 48.9 Å². The fourth-order valence-electron chi connectivity index (χ4n) is 0. The fourth-order valence-corrected chi connectivity index (χ4v) is 0. The molecule has 0 radical (unpaired) electrons. The zero-order valence-electron chi connectivity index (χ0n) is 1.79. The van der Waals surface area contributed by atoms with Crippen molar-refractivity contribution < 1.29 is 21.0 Å². The van der Waals surface area contributed by atoms with E-state index in [-0.39, 0.29) is 48.9 Å². The fraction of sp³-hybridized carbons (Fsp3) is 0. The van der Waals surface area contributed by atoms with E-state index in [0.717, 1.165) is 0 Å². The van der Waals surface area contributed by atoms with Crippen molar-refractivity contribution in [1.82, 2.24) is 0 Å². The molecule has 0 rings (SSSR count). The molecule has 4 N–H and O–H groups in total. The summed E-state index contributed by atoms with van der Waals surface area (Å²) in [6.07, 6.45) is 0. The van der Waals surface area contributed by atoms with Crippen LogP contribution in [0.25, 0.3) is 0 Å². The molecule has 32 valence electrons. The van der Waals surface area contributed by atoms with Gasteiger partial charge in [-0.3, -0.25) is 21.0 Å². The molecule has 0 aliphatic carbocycles. The van der Waals surface area contributed by atoms with E-state index in [9.17, 15) is 0 Å². The monoisotopic (exact) mass is 208 g/mol. The molecule has 5 heteroatoms. The first-order valence-corrected chi connectivity index (χ1v) is 0.400. The molecule has 0 aliphatic heterocycles. The standard InChI is InChI=1S/Ba.2H2O2.2H/c;2*1-2;;/h;2*1-2H;;. The van der Waals surface area contributed by atoms with Crippen LogP contribution in [0.2, 0.25) is 0 Å². The maximum atomic E-state index is 6.00. The minimum absolute atomic E-state index is 0. The predicted molar refractivity (Wildman–Crippen MR) is 19.1 cm³/mol. The summed E-state index contributed by atoms with van der Waals surface area (Å²) in [6.45, 7) is 0. The van der Waals surface area contributed by atoms with E-state index < -0.39 is 0 Å². The summed E-state index contributed by atoms with van der Waals surface area (Å²) >= 11 is 0. The Kier molecular flexibility index (Phi) is 171. The van der Waals surface area contributed by atoms with Crippen LogP contribution in [0.5, 0.6) is 0 Å². The topological polar surface area (TPSA) is 80.9 Å². The molecule has 5 heavy (non-hydrogen) atoms. The molecule has 0 atom stereocenters. The summed E-state index contributed by atoms with van der Waals surface area (Å²) in [7, 11) is 0. The Labute approximate surface area is 69.0 Å². The molecule has 0 heterocycles. The summed E-state index contributed by atoms with van der Waals surface area (Å²) in [6, 6.07) is 0. The summed E-state index contributed by atoms with van der Waals surface area (Å²) in [4.78, 5) is 0. The van der Waals surface area contributed by atoms with Crippen molar-refractivity contribution in [2.45, 2.75) is 0 Å². The van der Waals surface area contributed by atoms with E-state index in [2.05, 4.69) is 0 Å². The Bertz CT molecular complexity index is 3.61. The van der Waals surface area contributed by atoms with Crippen LogP contribution >= 0.6 is 0 Å². The predicted octanol–water partition coefficient (Wildman–Crippen LogP) is -0.881. The third kappa shape index (κ3) is 31.6. The van der Waals surface area contributed by atoms with Crippen molar-refractivity contribution in [3.05, 3.63) is 0 Å². The third-order valence-electron chi connectivity index (χ3n) is 0. The molecule has 0 unspecified atom stereocenters. The van der Waals surface area contributed by atoms with Gasteiger partial charge in [-0.05, 0) is 0 Å². The van der Waals surface area contributed by atoms with Crippen molar-refractivity contribution >= 4 is 48.9 Å². The maximum absolute atomic E-state index is 6.00. The van der Waals surface area contributed by atoms with E-state index in [1.54, 1.807) is 0 Å². The normalized spacial score (nSPS) is 2.40. The zero-order valence-corrected chi connectivity index (χ0v) is 1.79. The van der Waals surface area contributed by atoms with Gasteiger partial charge in [0.25, 0.3) is 0 Å². The first-order valence-electron chi connectivity index (χ1n) is 0.400. The van der Waals surface area contributed by atoms with Crippen LogP contribution in [0, 0.1) is 0 Å². The van der Waals surface area contributed by atoms with Crippen LogP contribution in [0.3, 0.4) is 0 Å². The molecule has 0 spiro atoms. The Hall–Kier alpha value is 1.41. The van der Waals surface area contributed by atoms with E-state index >= 15 is 0 Å². The second kappa shape index (κ2) is 52.9. The molecule has 0 bridgehead atoms. The molecule has 4 nitrogen and oxygen atoms in total. The Morgan fingerprint density at radius 2 is 0.600 bits per heavy atom. The summed E-state index contributed by atoms with van der Waals surface area (Å²) < 4.78 is 0. The molecule has 0 aromatic carbocycles. The van der Waals surface area contributed by atoms with Crippen molar-refractivity contribution in [3.8, 4) is 0 Å². The van der Waals surface area contributed by atoms with Crippen LogP contribution in [0.1, 0.15) is 0 Å². The van der Waals surface area contributed by atoms with Crippen LogP contribution in [-0.2, 0) is 0 Å². The summed E-state index contributed by atoms with van der Waals surface area (Å²) in [5.41, 5.74) is 0. The molecule has 0 saturated heterocycles. The number of hydrogen-bond donors (Lipinski definition) is 4. The van der Waals surface area contributed by atoms with Gasteiger partial charge in [-0.1, -0.05) is 0 Å². The van der Waals surface area contributed by atoms with Gasteiger partial charge in [0.05, 0.1) is 0 Å². The quantitative estimate of drug-likeness (QED) is 0.236. The van der Waals surface area contributed by atoms with Gasteiger partial charge in [0.1, 0.15) is 0 Å². The van der Waals surface area contributed by atoms with Gasteiger partial charge in [-0.15, -0.1) is 0 Å². The molecule has 0 aromatic rings. The third-order valence-corrected chi connectivity index (χ3v) is 0. The Balaban J connectivity index is -0.0000000133. The minimum atomic E-state index is 0. The van der Waals surface area contributed by atoms with E-state index in [0.29, 0.717) is 0 Å². The molecule has 0 saturated carbocycles. The molecule has 0 aliphatic rings. The van der Waals surface area contributed by atoms with Gasteiger partial charge in [-0.2, -0.15) is 0 Å². The van der Waals surface area contributed by atoms with Crippen molar-refractivity contribution in [1.29, 1.82) is 0 Å². The van der Waals surface area contributed by atoms with Gasteiger partial charge in [0, 0.05) is 0 Å².